The molecular formula is C10H11BrClNO2S. The third kappa shape index (κ3) is 4.23. The molecule has 0 fully saturated rings. The maximum absolute atomic E-state index is 11.7. The molecule has 1 aromatic carbocycles. The minimum atomic E-state index is -0.905. The molecule has 1 unspecified atom stereocenters. The highest BCUT2D eigenvalue weighted by atomic mass is 79.9. The van der Waals surface area contributed by atoms with Crippen LogP contribution in [0.25, 0.3) is 0 Å². The normalized spacial score (nSPS) is 12.2. The number of benzene rings is 1. The molecule has 0 bridgehead atoms. The Bertz CT molecular complexity index is 425. The van der Waals surface area contributed by atoms with E-state index < -0.39 is 10.8 Å². The van der Waals surface area contributed by atoms with E-state index in [2.05, 4.69) is 21.2 Å². The highest BCUT2D eigenvalue weighted by molar-refractivity contribution is 9.10. The summed E-state index contributed by atoms with van der Waals surface area (Å²) in [7, 11) is -0.905. The van der Waals surface area contributed by atoms with Gasteiger partial charge in [-0.2, -0.15) is 0 Å². The highest BCUT2D eigenvalue weighted by Crippen LogP contribution is 2.20. The molecule has 88 valence electrons. The van der Waals surface area contributed by atoms with Gasteiger partial charge in [0.25, 0.3) is 5.91 Å². The van der Waals surface area contributed by atoms with Crippen molar-refractivity contribution in [3.63, 3.8) is 0 Å². The van der Waals surface area contributed by atoms with Gasteiger partial charge in [-0.05, 0) is 18.2 Å². The Hall–Kier alpha value is -0.390. The molecule has 0 saturated carbocycles. The Kier molecular flexibility index (Phi) is 5.44. The highest BCUT2D eigenvalue weighted by Gasteiger charge is 2.10. The summed E-state index contributed by atoms with van der Waals surface area (Å²) in [6.07, 6.45) is 1.60. The van der Waals surface area contributed by atoms with Gasteiger partial charge in [0.2, 0.25) is 0 Å². The molecule has 0 aromatic heterocycles. The molecular weight excluding hydrogens is 314 g/mol. The Morgan fingerprint density at radius 3 is 2.88 bits per heavy atom. The van der Waals surface area contributed by atoms with E-state index in [4.69, 9.17) is 11.6 Å². The molecule has 16 heavy (non-hydrogen) atoms. The van der Waals surface area contributed by atoms with E-state index in [9.17, 15) is 9.00 Å². The maximum atomic E-state index is 11.7. The van der Waals surface area contributed by atoms with Crippen molar-refractivity contribution < 1.29 is 9.00 Å². The molecule has 0 aliphatic heterocycles. The number of rotatable bonds is 4. The number of nitrogens with one attached hydrogen (secondary N) is 1. The summed E-state index contributed by atoms with van der Waals surface area (Å²) in [5, 5.41) is 3.06. The van der Waals surface area contributed by atoms with Crippen LogP contribution in [0, 0.1) is 0 Å². The Labute approximate surface area is 110 Å². The van der Waals surface area contributed by atoms with Crippen LogP contribution in [0.15, 0.2) is 22.7 Å². The van der Waals surface area contributed by atoms with Gasteiger partial charge >= 0.3 is 0 Å². The van der Waals surface area contributed by atoms with Crippen molar-refractivity contribution >= 4 is 44.2 Å². The largest absolute Gasteiger partial charge is 0.351 e. The summed E-state index contributed by atoms with van der Waals surface area (Å²) in [6, 6.07) is 5.07. The third-order valence-corrected chi connectivity index (χ3v) is 3.45. The smallest absolute Gasteiger partial charge is 0.252 e. The van der Waals surface area contributed by atoms with Crippen molar-refractivity contribution in [1.29, 1.82) is 0 Å². The average Bonchev–Trinajstić information content (AvgIpc) is 2.21. The first-order chi connectivity index (χ1) is 7.50. The Balaban J connectivity index is 2.65. The zero-order valence-corrected chi connectivity index (χ0v) is 11.8. The molecule has 0 heterocycles. The summed E-state index contributed by atoms with van der Waals surface area (Å²) in [5.74, 6) is 0.189. The second-order valence-corrected chi connectivity index (χ2v) is 6.03. The van der Waals surface area contributed by atoms with Gasteiger partial charge in [0.1, 0.15) is 0 Å². The molecule has 1 N–H and O–H groups in total. The average molecular weight is 325 g/mol. The number of carbonyl (C=O) groups is 1. The SMILES string of the molecule is CS(=O)CCNC(=O)c1cc(Br)ccc1Cl. The molecule has 1 atom stereocenters. The fraction of sp³-hybridized carbons (Fsp3) is 0.300. The van der Waals surface area contributed by atoms with E-state index in [-0.39, 0.29) is 5.91 Å². The number of amides is 1. The predicted molar refractivity (Wildman–Crippen MR) is 70.4 cm³/mol. The Morgan fingerprint density at radius 1 is 1.56 bits per heavy atom. The lowest BCUT2D eigenvalue weighted by Crippen LogP contribution is -2.27. The van der Waals surface area contributed by atoms with Gasteiger partial charge in [0, 0.05) is 33.8 Å². The van der Waals surface area contributed by atoms with E-state index in [0.717, 1.165) is 4.47 Å². The van der Waals surface area contributed by atoms with Gasteiger partial charge in [0.05, 0.1) is 10.6 Å². The molecule has 1 aromatic rings. The van der Waals surface area contributed by atoms with Gasteiger partial charge in [-0.1, -0.05) is 27.5 Å². The molecule has 0 spiro atoms. The van der Waals surface area contributed by atoms with Crippen LogP contribution in [0.4, 0.5) is 0 Å². The van der Waals surface area contributed by atoms with Crippen LogP contribution in [-0.2, 0) is 10.8 Å². The van der Waals surface area contributed by atoms with Crippen molar-refractivity contribution in [1.82, 2.24) is 5.32 Å². The molecule has 0 saturated heterocycles. The van der Waals surface area contributed by atoms with Gasteiger partial charge in [0.15, 0.2) is 0 Å². The Morgan fingerprint density at radius 2 is 2.25 bits per heavy atom. The standard InChI is InChI=1S/C10H11BrClNO2S/c1-16(15)5-4-13-10(14)8-6-7(11)2-3-9(8)12/h2-3,6H,4-5H2,1H3,(H,13,14). The van der Waals surface area contributed by atoms with E-state index >= 15 is 0 Å². The topological polar surface area (TPSA) is 46.2 Å². The van der Waals surface area contributed by atoms with Crippen LogP contribution < -0.4 is 5.32 Å². The van der Waals surface area contributed by atoms with E-state index in [1.54, 1.807) is 24.5 Å². The van der Waals surface area contributed by atoms with Crippen LogP contribution in [0.5, 0.6) is 0 Å². The van der Waals surface area contributed by atoms with Gasteiger partial charge < -0.3 is 5.32 Å². The zero-order chi connectivity index (χ0) is 12.1. The van der Waals surface area contributed by atoms with Crippen LogP contribution in [-0.4, -0.2) is 28.7 Å². The number of hydrogen-bond acceptors (Lipinski definition) is 2. The number of hydrogen-bond donors (Lipinski definition) is 1. The van der Waals surface area contributed by atoms with Crippen LogP contribution in [0.1, 0.15) is 10.4 Å². The molecule has 1 rings (SSSR count). The van der Waals surface area contributed by atoms with Crippen molar-refractivity contribution in [2.75, 3.05) is 18.6 Å². The second-order valence-electron chi connectivity index (χ2n) is 3.16. The molecule has 0 aliphatic carbocycles. The van der Waals surface area contributed by atoms with Gasteiger partial charge in [-0.15, -0.1) is 0 Å². The summed E-state index contributed by atoms with van der Waals surface area (Å²) in [5.41, 5.74) is 0.415. The predicted octanol–water partition coefficient (Wildman–Crippen LogP) is 2.21. The van der Waals surface area contributed by atoms with Crippen molar-refractivity contribution in [2.24, 2.45) is 0 Å². The molecule has 0 radical (unpaired) electrons. The molecule has 3 nitrogen and oxygen atoms in total. The van der Waals surface area contributed by atoms with Crippen LogP contribution >= 0.6 is 27.5 Å². The number of halogens is 2. The van der Waals surface area contributed by atoms with Crippen LogP contribution in [0.2, 0.25) is 5.02 Å². The summed E-state index contributed by atoms with van der Waals surface area (Å²) in [4.78, 5) is 11.7. The first-order valence-corrected chi connectivity index (χ1v) is 7.44. The minimum absolute atomic E-state index is 0.253. The van der Waals surface area contributed by atoms with Crippen molar-refractivity contribution in [3.05, 3.63) is 33.3 Å². The quantitative estimate of drug-likeness (QED) is 0.923. The van der Waals surface area contributed by atoms with Crippen LogP contribution in [0.3, 0.4) is 0 Å². The first-order valence-electron chi connectivity index (χ1n) is 4.54. The maximum Gasteiger partial charge on any atom is 0.252 e. The van der Waals surface area contributed by atoms with E-state index in [1.165, 1.54) is 0 Å². The molecule has 6 heteroatoms. The monoisotopic (exact) mass is 323 g/mol. The van der Waals surface area contributed by atoms with Crippen molar-refractivity contribution in [3.8, 4) is 0 Å². The number of carbonyl (C=O) groups excluding carboxylic acids is 1. The summed E-state index contributed by atoms with van der Waals surface area (Å²) >= 11 is 9.16. The third-order valence-electron chi connectivity index (χ3n) is 1.85. The summed E-state index contributed by atoms with van der Waals surface area (Å²) < 4.78 is 11.6. The second kappa shape index (κ2) is 6.37. The lowest BCUT2D eigenvalue weighted by Gasteiger charge is -2.06. The lowest BCUT2D eigenvalue weighted by molar-refractivity contribution is 0.0956. The van der Waals surface area contributed by atoms with Crippen molar-refractivity contribution in [2.45, 2.75) is 0 Å². The fourth-order valence-electron chi connectivity index (χ4n) is 1.08. The molecule has 1 amide bonds. The summed E-state index contributed by atoms with van der Waals surface area (Å²) in [6.45, 7) is 0.380. The zero-order valence-electron chi connectivity index (χ0n) is 8.63. The fourth-order valence-corrected chi connectivity index (χ4v) is 2.03. The van der Waals surface area contributed by atoms with Gasteiger partial charge in [-0.25, -0.2) is 0 Å². The van der Waals surface area contributed by atoms with E-state index in [0.29, 0.717) is 22.9 Å². The first kappa shape index (κ1) is 13.7. The minimum Gasteiger partial charge on any atom is -0.351 e. The molecule has 0 aliphatic rings. The van der Waals surface area contributed by atoms with Gasteiger partial charge in [-0.3, -0.25) is 9.00 Å². The van der Waals surface area contributed by atoms with E-state index in [1.807, 2.05) is 0 Å². The lowest BCUT2D eigenvalue weighted by atomic mass is 10.2.